The summed E-state index contributed by atoms with van der Waals surface area (Å²) in [7, 11) is 0. The lowest BCUT2D eigenvalue weighted by Gasteiger charge is -2.45. The average molecular weight is 274 g/mol. The number of rotatable bonds is 1. The zero-order valence-electron chi connectivity index (χ0n) is 12.0. The highest BCUT2D eigenvalue weighted by atomic mass is 16.5. The summed E-state index contributed by atoms with van der Waals surface area (Å²) in [6, 6.07) is 7.83. The second-order valence-corrected chi connectivity index (χ2v) is 5.87. The number of carbonyl (C=O) groups excluding carboxylic acids is 1. The summed E-state index contributed by atoms with van der Waals surface area (Å²) >= 11 is 0. The Morgan fingerprint density at radius 2 is 1.95 bits per heavy atom. The molecule has 2 aliphatic heterocycles. The predicted octanol–water partition coefficient (Wildman–Crippen LogP) is 1.59. The molecule has 1 aromatic rings. The molecule has 108 valence electrons. The van der Waals surface area contributed by atoms with Crippen molar-refractivity contribution < 1.29 is 9.53 Å². The van der Waals surface area contributed by atoms with Gasteiger partial charge in [0.15, 0.2) is 0 Å². The van der Waals surface area contributed by atoms with Crippen molar-refractivity contribution in [3.8, 4) is 0 Å². The van der Waals surface area contributed by atoms with Gasteiger partial charge in [0.05, 0.1) is 18.8 Å². The topological polar surface area (TPSA) is 41.6 Å². The van der Waals surface area contributed by atoms with E-state index in [1.807, 2.05) is 36.1 Å². The third-order valence-electron chi connectivity index (χ3n) is 4.35. The van der Waals surface area contributed by atoms with Gasteiger partial charge in [-0.05, 0) is 45.0 Å². The Balaban J connectivity index is 1.73. The number of nitrogens with zero attached hydrogens (tertiary/aromatic N) is 1. The van der Waals surface area contributed by atoms with Crippen molar-refractivity contribution in [1.82, 2.24) is 10.2 Å². The first-order valence-corrected chi connectivity index (χ1v) is 7.39. The molecule has 0 aliphatic carbocycles. The normalized spacial score (nSPS) is 21.9. The summed E-state index contributed by atoms with van der Waals surface area (Å²) in [5.41, 5.74) is 1.84. The SMILES string of the molecule is Cc1ccc(C(=O)N2CCOC3(CCNCC3)C2)cc1. The molecule has 2 fully saturated rings. The molecule has 4 nitrogen and oxygen atoms in total. The molecule has 3 rings (SSSR count). The van der Waals surface area contributed by atoms with Gasteiger partial charge in [-0.15, -0.1) is 0 Å². The minimum absolute atomic E-state index is 0.121. The smallest absolute Gasteiger partial charge is 0.254 e. The number of ether oxygens (including phenoxy) is 1. The van der Waals surface area contributed by atoms with E-state index in [1.54, 1.807) is 0 Å². The predicted molar refractivity (Wildman–Crippen MR) is 77.9 cm³/mol. The highest BCUT2D eigenvalue weighted by Gasteiger charge is 2.39. The minimum atomic E-state index is -0.121. The van der Waals surface area contributed by atoms with Gasteiger partial charge in [0.25, 0.3) is 5.91 Å². The van der Waals surface area contributed by atoms with Gasteiger partial charge in [-0.25, -0.2) is 0 Å². The van der Waals surface area contributed by atoms with Gasteiger partial charge < -0.3 is 15.0 Å². The Morgan fingerprint density at radius 1 is 1.25 bits per heavy atom. The lowest BCUT2D eigenvalue weighted by atomic mass is 9.90. The first-order chi connectivity index (χ1) is 9.69. The van der Waals surface area contributed by atoms with E-state index in [9.17, 15) is 4.79 Å². The van der Waals surface area contributed by atoms with Crippen LogP contribution < -0.4 is 5.32 Å². The van der Waals surface area contributed by atoms with Crippen LogP contribution in [-0.2, 0) is 4.74 Å². The molecule has 2 saturated heterocycles. The van der Waals surface area contributed by atoms with Crippen LogP contribution in [0.4, 0.5) is 0 Å². The number of hydrogen-bond donors (Lipinski definition) is 1. The number of morpholine rings is 1. The maximum atomic E-state index is 12.6. The molecule has 4 heteroatoms. The Morgan fingerprint density at radius 3 is 2.65 bits per heavy atom. The second kappa shape index (κ2) is 5.54. The zero-order valence-corrected chi connectivity index (χ0v) is 12.0. The standard InChI is InChI=1S/C16H22N2O2/c1-13-2-4-14(5-3-13)15(19)18-10-11-20-16(12-18)6-8-17-9-7-16/h2-5,17H,6-12H2,1H3. The molecule has 0 saturated carbocycles. The second-order valence-electron chi connectivity index (χ2n) is 5.87. The van der Waals surface area contributed by atoms with E-state index in [4.69, 9.17) is 4.74 Å². The molecule has 20 heavy (non-hydrogen) atoms. The summed E-state index contributed by atoms with van der Waals surface area (Å²) in [5, 5.41) is 3.35. The molecule has 1 N–H and O–H groups in total. The fourth-order valence-electron chi connectivity index (χ4n) is 3.08. The molecule has 0 bridgehead atoms. The lowest BCUT2D eigenvalue weighted by Crippen LogP contribution is -2.57. The highest BCUT2D eigenvalue weighted by molar-refractivity contribution is 5.94. The van der Waals surface area contributed by atoms with E-state index in [1.165, 1.54) is 5.56 Å². The maximum absolute atomic E-state index is 12.6. The first kappa shape index (κ1) is 13.6. The van der Waals surface area contributed by atoms with Crippen LogP contribution >= 0.6 is 0 Å². The fraction of sp³-hybridized carbons (Fsp3) is 0.562. The van der Waals surface area contributed by atoms with Crippen LogP contribution in [-0.4, -0.2) is 49.2 Å². The maximum Gasteiger partial charge on any atom is 0.254 e. The van der Waals surface area contributed by atoms with Crippen LogP contribution in [0.3, 0.4) is 0 Å². The van der Waals surface area contributed by atoms with Crippen molar-refractivity contribution in [2.75, 3.05) is 32.8 Å². The molecule has 2 aliphatic rings. The van der Waals surface area contributed by atoms with Crippen LogP contribution in [0.1, 0.15) is 28.8 Å². The van der Waals surface area contributed by atoms with E-state index in [0.29, 0.717) is 13.2 Å². The summed E-state index contributed by atoms with van der Waals surface area (Å²) in [6.45, 7) is 6.06. The van der Waals surface area contributed by atoms with E-state index >= 15 is 0 Å². The third kappa shape index (κ3) is 2.72. The van der Waals surface area contributed by atoms with Crippen LogP contribution in [0.25, 0.3) is 0 Å². The van der Waals surface area contributed by atoms with Crippen LogP contribution in [0.15, 0.2) is 24.3 Å². The molecule has 0 radical (unpaired) electrons. The Bertz CT molecular complexity index is 472. The van der Waals surface area contributed by atoms with Crippen molar-refractivity contribution in [3.05, 3.63) is 35.4 Å². The Kier molecular flexibility index (Phi) is 3.76. The van der Waals surface area contributed by atoms with E-state index in [-0.39, 0.29) is 11.5 Å². The molecular weight excluding hydrogens is 252 g/mol. The Hall–Kier alpha value is -1.39. The van der Waals surface area contributed by atoms with Gasteiger partial charge in [0.2, 0.25) is 0 Å². The van der Waals surface area contributed by atoms with Crippen molar-refractivity contribution in [2.45, 2.75) is 25.4 Å². The van der Waals surface area contributed by atoms with Gasteiger partial charge >= 0.3 is 0 Å². The van der Waals surface area contributed by atoms with Crippen molar-refractivity contribution in [1.29, 1.82) is 0 Å². The van der Waals surface area contributed by atoms with Crippen LogP contribution in [0.2, 0.25) is 0 Å². The van der Waals surface area contributed by atoms with E-state index < -0.39 is 0 Å². The van der Waals surface area contributed by atoms with Crippen LogP contribution in [0, 0.1) is 6.92 Å². The quantitative estimate of drug-likeness (QED) is 0.845. The van der Waals surface area contributed by atoms with Crippen molar-refractivity contribution in [3.63, 3.8) is 0 Å². The van der Waals surface area contributed by atoms with E-state index in [0.717, 1.165) is 38.0 Å². The summed E-state index contributed by atoms with van der Waals surface area (Å²) in [4.78, 5) is 14.5. The lowest BCUT2D eigenvalue weighted by molar-refractivity contribution is -0.114. The number of nitrogens with one attached hydrogen (secondary N) is 1. The van der Waals surface area contributed by atoms with Gasteiger partial charge in [-0.1, -0.05) is 17.7 Å². The number of carbonyl (C=O) groups is 1. The Labute approximate surface area is 120 Å². The van der Waals surface area contributed by atoms with Gasteiger partial charge in [-0.3, -0.25) is 4.79 Å². The zero-order chi connectivity index (χ0) is 14.0. The molecule has 1 amide bonds. The number of aryl methyl sites for hydroxylation is 1. The monoisotopic (exact) mass is 274 g/mol. The number of benzene rings is 1. The highest BCUT2D eigenvalue weighted by Crippen LogP contribution is 2.28. The molecule has 1 aromatic carbocycles. The van der Waals surface area contributed by atoms with Gasteiger partial charge in [-0.2, -0.15) is 0 Å². The first-order valence-electron chi connectivity index (χ1n) is 7.39. The summed E-state index contributed by atoms with van der Waals surface area (Å²) < 4.78 is 6.01. The van der Waals surface area contributed by atoms with Gasteiger partial charge in [0.1, 0.15) is 0 Å². The molecule has 2 heterocycles. The van der Waals surface area contributed by atoms with Gasteiger partial charge in [0, 0.05) is 12.1 Å². The molecule has 0 atom stereocenters. The number of hydrogen-bond acceptors (Lipinski definition) is 3. The van der Waals surface area contributed by atoms with Crippen molar-refractivity contribution >= 4 is 5.91 Å². The minimum Gasteiger partial charge on any atom is -0.371 e. The average Bonchev–Trinajstić information content (AvgIpc) is 2.48. The third-order valence-corrected chi connectivity index (χ3v) is 4.35. The molecular formula is C16H22N2O2. The largest absolute Gasteiger partial charge is 0.371 e. The number of amides is 1. The fourth-order valence-corrected chi connectivity index (χ4v) is 3.08. The van der Waals surface area contributed by atoms with E-state index in [2.05, 4.69) is 5.32 Å². The van der Waals surface area contributed by atoms with Crippen molar-refractivity contribution in [2.24, 2.45) is 0 Å². The molecule has 0 unspecified atom stereocenters. The number of piperidine rings is 1. The van der Waals surface area contributed by atoms with Crippen LogP contribution in [0.5, 0.6) is 0 Å². The molecule has 1 spiro atoms. The molecule has 0 aromatic heterocycles. The summed E-state index contributed by atoms with van der Waals surface area (Å²) in [6.07, 6.45) is 1.98. The summed E-state index contributed by atoms with van der Waals surface area (Å²) in [5.74, 6) is 0.131.